The molecule has 1 atom stereocenters. The van der Waals surface area contributed by atoms with Gasteiger partial charge in [-0.2, -0.15) is 5.10 Å². The minimum absolute atomic E-state index is 0.127. The summed E-state index contributed by atoms with van der Waals surface area (Å²) in [5.74, 6) is -0.335. The lowest BCUT2D eigenvalue weighted by atomic mass is 10.1. The zero-order chi connectivity index (χ0) is 23.1. The molecule has 0 radical (unpaired) electrons. The highest BCUT2D eigenvalue weighted by molar-refractivity contribution is 5.93. The van der Waals surface area contributed by atoms with Gasteiger partial charge in [0.15, 0.2) is 0 Å². The Hall–Kier alpha value is -4.01. The topological polar surface area (TPSA) is 102 Å². The van der Waals surface area contributed by atoms with Gasteiger partial charge in [0, 0.05) is 24.2 Å². The second-order valence-corrected chi connectivity index (χ2v) is 7.03. The fraction of sp³-hybridized carbons (Fsp3) is 0.217. The number of benzene rings is 2. The fourth-order valence-electron chi connectivity index (χ4n) is 2.87. The molecular formula is C23H23FN4O4. The third kappa shape index (κ3) is 6.00. The van der Waals surface area contributed by atoms with Gasteiger partial charge in [0.25, 0.3) is 5.56 Å². The SMILES string of the molecule is CC(=O)NCCOc1ccc(NC(=O)C(C)n2nc(-c3ccc(F)cc3)ccc2=O)cc1. The minimum Gasteiger partial charge on any atom is -0.492 e. The smallest absolute Gasteiger partial charge is 0.267 e. The molecule has 2 aromatic carbocycles. The summed E-state index contributed by atoms with van der Waals surface area (Å²) in [6, 6.07) is 14.4. The summed E-state index contributed by atoms with van der Waals surface area (Å²) in [5.41, 5.74) is 1.17. The minimum atomic E-state index is -0.878. The van der Waals surface area contributed by atoms with Gasteiger partial charge in [0.1, 0.15) is 24.2 Å². The number of hydrogen-bond acceptors (Lipinski definition) is 5. The number of anilines is 1. The Balaban J connectivity index is 1.65. The molecule has 32 heavy (non-hydrogen) atoms. The molecule has 3 aromatic rings. The van der Waals surface area contributed by atoms with Crippen molar-refractivity contribution in [1.29, 1.82) is 0 Å². The Labute approximate surface area is 184 Å². The highest BCUT2D eigenvalue weighted by Crippen LogP contribution is 2.19. The van der Waals surface area contributed by atoms with E-state index in [1.807, 2.05) is 0 Å². The van der Waals surface area contributed by atoms with Crippen molar-refractivity contribution in [2.24, 2.45) is 0 Å². The Morgan fingerprint density at radius 3 is 2.41 bits per heavy atom. The third-order valence-electron chi connectivity index (χ3n) is 4.58. The van der Waals surface area contributed by atoms with Gasteiger partial charge >= 0.3 is 0 Å². The molecule has 1 unspecified atom stereocenters. The average Bonchev–Trinajstić information content (AvgIpc) is 2.78. The van der Waals surface area contributed by atoms with Crippen LogP contribution in [0.2, 0.25) is 0 Å². The lowest BCUT2D eigenvalue weighted by Gasteiger charge is -2.15. The highest BCUT2D eigenvalue weighted by Gasteiger charge is 2.18. The summed E-state index contributed by atoms with van der Waals surface area (Å²) in [5, 5.41) is 9.65. The maximum Gasteiger partial charge on any atom is 0.267 e. The van der Waals surface area contributed by atoms with Gasteiger partial charge in [-0.1, -0.05) is 0 Å². The quantitative estimate of drug-likeness (QED) is 0.527. The van der Waals surface area contributed by atoms with Crippen molar-refractivity contribution in [3.05, 3.63) is 76.8 Å². The summed E-state index contributed by atoms with van der Waals surface area (Å²) in [6.45, 7) is 3.71. The number of hydrogen-bond donors (Lipinski definition) is 2. The maximum absolute atomic E-state index is 13.2. The lowest BCUT2D eigenvalue weighted by Crippen LogP contribution is -2.33. The van der Waals surface area contributed by atoms with E-state index in [-0.39, 0.29) is 11.7 Å². The molecule has 0 aliphatic carbocycles. The van der Waals surface area contributed by atoms with E-state index in [0.29, 0.717) is 35.8 Å². The van der Waals surface area contributed by atoms with Crippen LogP contribution in [0.3, 0.4) is 0 Å². The number of ether oxygens (including phenoxy) is 1. The molecule has 9 heteroatoms. The Morgan fingerprint density at radius 1 is 1.06 bits per heavy atom. The van der Waals surface area contributed by atoms with Crippen LogP contribution in [0.4, 0.5) is 10.1 Å². The molecule has 1 heterocycles. The van der Waals surface area contributed by atoms with E-state index in [9.17, 15) is 18.8 Å². The van der Waals surface area contributed by atoms with Crippen molar-refractivity contribution in [3.63, 3.8) is 0 Å². The number of carbonyl (C=O) groups excluding carboxylic acids is 2. The van der Waals surface area contributed by atoms with Crippen molar-refractivity contribution in [2.45, 2.75) is 19.9 Å². The molecule has 0 fully saturated rings. The molecule has 1 aromatic heterocycles. The maximum atomic E-state index is 13.2. The zero-order valence-electron chi connectivity index (χ0n) is 17.7. The largest absolute Gasteiger partial charge is 0.492 e. The van der Waals surface area contributed by atoms with Gasteiger partial charge in [-0.25, -0.2) is 9.07 Å². The zero-order valence-corrected chi connectivity index (χ0v) is 17.7. The second-order valence-electron chi connectivity index (χ2n) is 7.03. The Bertz CT molecular complexity index is 1140. The highest BCUT2D eigenvalue weighted by atomic mass is 19.1. The number of amides is 2. The summed E-state index contributed by atoms with van der Waals surface area (Å²) < 4.78 is 19.8. The molecule has 0 bridgehead atoms. The van der Waals surface area contributed by atoms with E-state index in [4.69, 9.17) is 4.74 Å². The molecule has 0 spiro atoms. The predicted molar refractivity (Wildman–Crippen MR) is 118 cm³/mol. The molecule has 2 amide bonds. The first kappa shape index (κ1) is 22.7. The molecule has 166 valence electrons. The van der Waals surface area contributed by atoms with Crippen molar-refractivity contribution in [2.75, 3.05) is 18.5 Å². The number of aromatic nitrogens is 2. The van der Waals surface area contributed by atoms with Gasteiger partial charge in [-0.3, -0.25) is 14.4 Å². The van der Waals surface area contributed by atoms with Crippen molar-refractivity contribution in [3.8, 4) is 17.0 Å². The van der Waals surface area contributed by atoms with Crippen LogP contribution < -0.4 is 20.9 Å². The van der Waals surface area contributed by atoms with E-state index in [0.717, 1.165) is 4.68 Å². The van der Waals surface area contributed by atoms with Crippen molar-refractivity contribution >= 4 is 17.5 Å². The molecule has 0 saturated carbocycles. The van der Waals surface area contributed by atoms with Gasteiger partial charge in [0.2, 0.25) is 11.8 Å². The van der Waals surface area contributed by atoms with Crippen LogP contribution in [0.25, 0.3) is 11.3 Å². The van der Waals surface area contributed by atoms with Gasteiger partial charge in [0.05, 0.1) is 12.2 Å². The van der Waals surface area contributed by atoms with E-state index in [1.165, 1.54) is 31.2 Å². The number of nitrogens with one attached hydrogen (secondary N) is 2. The van der Waals surface area contributed by atoms with E-state index in [1.54, 1.807) is 43.3 Å². The van der Waals surface area contributed by atoms with Crippen LogP contribution >= 0.6 is 0 Å². The van der Waals surface area contributed by atoms with E-state index in [2.05, 4.69) is 15.7 Å². The molecule has 0 aliphatic rings. The van der Waals surface area contributed by atoms with Crippen molar-refractivity contribution < 1.29 is 18.7 Å². The monoisotopic (exact) mass is 438 g/mol. The fourth-order valence-corrected chi connectivity index (χ4v) is 2.87. The lowest BCUT2D eigenvalue weighted by molar-refractivity contribution is -0.119. The van der Waals surface area contributed by atoms with Crippen LogP contribution in [0, 0.1) is 5.82 Å². The number of carbonyl (C=O) groups is 2. The summed E-state index contributed by atoms with van der Waals surface area (Å²) >= 11 is 0. The molecule has 3 rings (SSSR count). The number of halogens is 1. The van der Waals surface area contributed by atoms with Crippen LogP contribution in [0.15, 0.2) is 65.5 Å². The van der Waals surface area contributed by atoms with Crippen LogP contribution in [-0.4, -0.2) is 34.7 Å². The first-order valence-electron chi connectivity index (χ1n) is 9.97. The summed E-state index contributed by atoms with van der Waals surface area (Å²) in [6.07, 6.45) is 0. The van der Waals surface area contributed by atoms with Crippen LogP contribution in [0.1, 0.15) is 19.9 Å². The average molecular weight is 438 g/mol. The molecule has 0 saturated heterocycles. The summed E-state index contributed by atoms with van der Waals surface area (Å²) in [4.78, 5) is 35.8. The van der Waals surface area contributed by atoms with Crippen LogP contribution in [-0.2, 0) is 9.59 Å². The van der Waals surface area contributed by atoms with Crippen LogP contribution in [0.5, 0.6) is 5.75 Å². The summed E-state index contributed by atoms with van der Waals surface area (Å²) in [7, 11) is 0. The molecule has 0 aliphatic heterocycles. The predicted octanol–water partition coefficient (Wildman–Crippen LogP) is 2.76. The van der Waals surface area contributed by atoms with E-state index < -0.39 is 17.5 Å². The second kappa shape index (κ2) is 10.3. The van der Waals surface area contributed by atoms with Gasteiger partial charge in [-0.05, 0) is 61.5 Å². The first-order chi connectivity index (χ1) is 15.3. The van der Waals surface area contributed by atoms with Crippen molar-refractivity contribution in [1.82, 2.24) is 15.1 Å². The van der Waals surface area contributed by atoms with E-state index >= 15 is 0 Å². The molecule has 2 N–H and O–H groups in total. The molecular weight excluding hydrogens is 415 g/mol. The Kier molecular flexibility index (Phi) is 7.33. The molecule has 8 nitrogen and oxygen atoms in total. The third-order valence-corrected chi connectivity index (χ3v) is 4.58. The van der Waals surface area contributed by atoms with Gasteiger partial charge in [-0.15, -0.1) is 0 Å². The first-order valence-corrected chi connectivity index (χ1v) is 9.97. The van der Waals surface area contributed by atoms with Gasteiger partial charge < -0.3 is 15.4 Å². The normalized spacial score (nSPS) is 11.5. The standard InChI is InChI=1S/C23H23FN4O4/c1-15(28-22(30)12-11-21(27-28)17-3-5-18(24)6-4-17)23(31)26-19-7-9-20(10-8-19)32-14-13-25-16(2)29/h3-12,15H,13-14H2,1-2H3,(H,25,29)(H,26,31). The number of nitrogens with zero attached hydrogens (tertiary/aromatic N) is 2. The number of rotatable bonds is 8. The Morgan fingerprint density at radius 2 is 1.75 bits per heavy atom.